The van der Waals surface area contributed by atoms with E-state index in [1.807, 2.05) is 0 Å². The lowest BCUT2D eigenvalue weighted by Gasteiger charge is -1.90. The van der Waals surface area contributed by atoms with Crippen molar-refractivity contribution in [2.24, 2.45) is 5.73 Å². The molecule has 0 aromatic carbocycles. The van der Waals surface area contributed by atoms with Crippen LogP contribution in [-0.2, 0) is 11.3 Å². The van der Waals surface area contributed by atoms with Crippen molar-refractivity contribution in [3.8, 4) is 0 Å². The maximum atomic E-state index is 10.5. The van der Waals surface area contributed by atoms with Gasteiger partial charge in [0.15, 0.2) is 0 Å². The number of rotatable bonds is 3. The Bertz CT molecular complexity index is 256. The van der Waals surface area contributed by atoms with E-state index in [9.17, 15) is 4.79 Å². The molecule has 5 nitrogen and oxygen atoms in total. The summed E-state index contributed by atoms with van der Waals surface area (Å²) < 4.78 is 4.78. The second-order valence-corrected chi connectivity index (χ2v) is 2.04. The van der Waals surface area contributed by atoms with Gasteiger partial charge in [0.1, 0.15) is 18.1 Å². The SMILES string of the molecule is COCc1ncc(C(N)=O)[nH]1. The van der Waals surface area contributed by atoms with Crippen molar-refractivity contribution in [1.82, 2.24) is 9.97 Å². The van der Waals surface area contributed by atoms with Gasteiger partial charge in [0.25, 0.3) is 5.91 Å². The molecule has 1 amide bonds. The van der Waals surface area contributed by atoms with Crippen LogP contribution >= 0.6 is 0 Å². The van der Waals surface area contributed by atoms with E-state index in [-0.39, 0.29) is 0 Å². The average Bonchev–Trinajstić information content (AvgIpc) is 2.37. The number of hydrogen-bond acceptors (Lipinski definition) is 3. The fourth-order valence-electron chi connectivity index (χ4n) is 0.698. The summed E-state index contributed by atoms with van der Waals surface area (Å²) in [5, 5.41) is 0. The van der Waals surface area contributed by atoms with Crippen molar-refractivity contribution < 1.29 is 9.53 Å². The molecule has 0 radical (unpaired) electrons. The van der Waals surface area contributed by atoms with Gasteiger partial charge in [-0.3, -0.25) is 4.79 Å². The molecule has 0 saturated heterocycles. The van der Waals surface area contributed by atoms with Crippen LogP contribution in [0, 0.1) is 0 Å². The van der Waals surface area contributed by atoms with Gasteiger partial charge >= 0.3 is 0 Å². The molecule has 0 saturated carbocycles. The number of nitrogens with two attached hydrogens (primary N) is 1. The quantitative estimate of drug-likeness (QED) is 0.626. The van der Waals surface area contributed by atoms with Crippen LogP contribution in [0.2, 0.25) is 0 Å². The summed E-state index contributed by atoms with van der Waals surface area (Å²) in [5.41, 5.74) is 5.28. The molecule has 11 heavy (non-hydrogen) atoms. The second-order valence-electron chi connectivity index (χ2n) is 2.04. The highest BCUT2D eigenvalue weighted by Gasteiger charge is 2.03. The number of nitrogens with one attached hydrogen (secondary N) is 1. The van der Waals surface area contributed by atoms with E-state index in [4.69, 9.17) is 10.5 Å². The normalized spacial score (nSPS) is 9.91. The Morgan fingerprint density at radius 3 is 3.09 bits per heavy atom. The zero-order valence-electron chi connectivity index (χ0n) is 6.13. The molecule has 0 aliphatic rings. The lowest BCUT2D eigenvalue weighted by Crippen LogP contribution is -2.11. The van der Waals surface area contributed by atoms with Gasteiger partial charge in [0.05, 0.1) is 6.20 Å². The van der Waals surface area contributed by atoms with E-state index >= 15 is 0 Å². The topological polar surface area (TPSA) is 81.0 Å². The Morgan fingerprint density at radius 2 is 2.64 bits per heavy atom. The first kappa shape index (κ1) is 7.74. The number of nitrogens with zero attached hydrogens (tertiary/aromatic N) is 1. The molecule has 0 spiro atoms. The van der Waals surface area contributed by atoms with E-state index in [0.717, 1.165) is 0 Å². The Morgan fingerprint density at radius 1 is 1.91 bits per heavy atom. The standard InChI is InChI=1S/C6H9N3O2/c1-11-3-5-8-2-4(9-5)6(7)10/h2H,3H2,1H3,(H2,7,10)(H,8,9). The number of primary amides is 1. The number of imidazole rings is 1. The molecule has 5 heteroatoms. The van der Waals surface area contributed by atoms with Gasteiger partial charge in [-0.15, -0.1) is 0 Å². The fourth-order valence-corrected chi connectivity index (χ4v) is 0.698. The van der Waals surface area contributed by atoms with Crippen molar-refractivity contribution in [3.05, 3.63) is 17.7 Å². The van der Waals surface area contributed by atoms with Gasteiger partial charge in [0.2, 0.25) is 0 Å². The molecule has 0 unspecified atom stereocenters. The average molecular weight is 155 g/mol. The predicted molar refractivity (Wildman–Crippen MR) is 37.8 cm³/mol. The maximum Gasteiger partial charge on any atom is 0.266 e. The largest absolute Gasteiger partial charge is 0.377 e. The molecular formula is C6H9N3O2. The first-order chi connectivity index (χ1) is 5.24. The number of methoxy groups -OCH3 is 1. The van der Waals surface area contributed by atoms with Gasteiger partial charge < -0.3 is 15.5 Å². The number of ether oxygens (including phenoxy) is 1. The minimum Gasteiger partial charge on any atom is -0.377 e. The van der Waals surface area contributed by atoms with Gasteiger partial charge in [-0.1, -0.05) is 0 Å². The molecule has 0 fully saturated rings. The van der Waals surface area contributed by atoms with Crippen LogP contribution in [0.1, 0.15) is 16.3 Å². The highest BCUT2D eigenvalue weighted by atomic mass is 16.5. The van der Waals surface area contributed by atoms with E-state index in [1.54, 1.807) is 7.11 Å². The van der Waals surface area contributed by atoms with Crippen LogP contribution in [0.4, 0.5) is 0 Å². The second kappa shape index (κ2) is 3.16. The third kappa shape index (κ3) is 1.78. The number of amides is 1. The number of hydrogen-bond donors (Lipinski definition) is 2. The number of carbonyl (C=O) groups is 1. The molecule has 3 N–H and O–H groups in total. The summed E-state index contributed by atoms with van der Waals surface area (Å²) in [6.45, 7) is 0.354. The summed E-state index contributed by atoms with van der Waals surface area (Å²) in [6.07, 6.45) is 1.39. The molecule has 1 aromatic heterocycles. The molecule has 0 bridgehead atoms. The summed E-state index contributed by atoms with van der Waals surface area (Å²) in [6, 6.07) is 0. The zero-order valence-corrected chi connectivity index (χ0v) is 6.13. The zero-order chi connectivity index (χ0) is 8.27. The molecule has 1 aromatic rings. The first-order valence-corrected chi connectivity index (χ1v) is 3.06. The van der Waals surface area contributed by atoms with Crippen LogP contribution in [0.25, 0.3) is 0 Å². The van der Waals surface area contributed by atoms with Crippen molar-refractivity contribution in [1.29, 1.82) is 0 Å². The summed E-state index contributed by atoms with van der Waals surface area (Å²) in [4.78, 5) is 17.1. The molecule has 0 atom stereocenters. The predicted octanol–water partition coefficient (Wildman–Crippen LogP) is -0.345. The van der Waals surface area contributed by atoms with Crippen LogP contribution in [-0.4, -0.2) is 23.0 Å². The molecule has 1 heterocycles. The van der Waals surface area contributed by atoms with Gasteiger partial charge in [-0.25, -0.2) is 4.98 Å². The minimum atomic E-state index is -0.514. The van der Waals surface area contributed by atoms with Gasteiger partial charge in [-0.05, 0) is 0 Å². The Labute approximate surface area is 63.6 Å². The number of carbonyl (C=O) groups excluding carboxylic acids is 1. The van der Waals surface area contributed by atoms with Gasteiger partial charge in [0, 0.05) is 7.11 Å². The van der Waals surface area contributed by atoms with E-state index in [1.165, 1.54) is 6.20 Å². The molecule has 60 valence electrons. The minimum absolute atomic E-state index is 0.303. The first-order valence-electron chi connectivity index (χ1n) is 3.06. The highest BCUT2D eigenvalue weighted by Crippen LogP contribution is 1.96. The third-order valence-corrected chi connectivity index (χ3v) is 1.17. The van der Waals surface area contributed by atoms with E-state index < -0.39 is 5.91 Å². The monoisotopic (exact) mass is 155 g/mol. The Kier molecular flexibility index (Phi) is 2.22. The summed E-state index contributed by atoms with van der Waals surface area (Å²) in [5.74, 6) is 0.0844. The van der Waals surface area contributed by atoms with Crippen LogP contribution in [0.3, 0.4) is 0 Å². The van der Waals surface area contributed by atoms with E-state index in [2.05, 4.69) is 9.97 Å². The number of H-pyrrole nitrogens is 1. The molecule has 1 rings (SSSR count). The lowest BCUT2D eigenvalue weighted by atomic mass is 10.5. The summed E-state index contributed by atoms with van der Waals surface area (Å²) in [7, 11) is 1.55. The van der Waals surface area contributed by atoms with Crippen molar-refractivity contribution in [2.75, 3.05) is 7.11 Å². The van der Waals surface area contributed by atoms with Crippen LogP contribution in [0.5, 0.6) is 0 Å². The third-order valence-electron chi connectivity index (χ3n) is 1.17. The lowest BCUT2D eigenvalue weighted by molar-refractivity contribution is 0.0995. The number of aromatic nitrogens is 2. The Hall–Kier alpha value is -1.36. The maximum absolute atomic E-state index is 10.5. The van der Waals surface area contributed by atoms with Crippen molar-refractivity contribution in [2.45, 2.75) is 6.61 Å². The van der Waals surface area contributed by atoms with Crippen molar-refractivity contribution >= 4 is 5.91 Å². The summed E-state index contributed by atoms with van der Waals surface area (Å²) >= 11 is 0. The van der Waals surface area contributed by atoms with Crippen LogP contribution < -0.4 is 5.73 Å². The Balaban J connectivity index is 2.73. The fraction of sp³-hybridized carbons (Fsp3) is 0.333. The van der Waals surface area contributed by atoms with Crippen molar-refractivity contribution in [3.63, 3.8) is 0 Å². The molecule has 0 aliphatic carbocycles. The highest BCUT2D eigenvalue weighted by molar-refractivity contribution is 5.90. The van der Waals surface area contributed by atoms with Crippen LogP contribution in [0.15, 0.2) is 6.20 Å². The van der Waals surface area contributed by atoms with Gasteiger partial charge in [-0.2, -0.15) is 0 Å². The van der Waals surface area contributed by atoms with E-state index in [0.29, 0.717) is 18.1 Å². The molecular weight excluding hydrogens is 146 g/mol. The number of aromatic amines is 1. The smallest absolute Gasteiger partial charge is 0.266 e. The molecule has 0 aliphatic heterocycles.